The van der Waals surface area contributed by atoms with E-state index in [0.29, 0.717) is 24.3 Å². The number of aliphatic hydroxyl groups excluding tert-OH is 1. The summed E-state index contributed by atoms with van der Waals surface area (Å²) in [5.74, 6) is 2.09. The lowest BCUT2D eigenvalue weighted by Crippen LogP contribution is -2.25. The van der Waals surface area contributed by atoms with Crippen molar-refractivity contribution in [1.82, 2.24) is 15.0 Å². The van der Waals surface area contributed by atoms with Gasteiger partial charge in [-0.15, -0.1) is 11.3 Å². The number of rotatable bonds is 7. The van der Waals surface area contributed by atoms with Crippen LogP contribution < -0.4 is 10.6 Å². The van der Waals surface area contributed by atoms with E-state index in [4.69, 9.17) is 15.0 Å². The third kappa shape index (κ3) is 4.86. The molecule has 1 fully saturated rings. The molecular weight excluding hydrogens is 461 g/mol. The van der Waals surface area contributed by atoms with Crippen LogP contribution in [0.3, 0.4) is 0 Å². The number of aromatic nitrogens is 3. The Bertz CT molecular complexity index is 1290. The fourth-order valence-electron chi connectivity index (χ4n) is 4.93. The zero-order valence-corrected chi connectivity index (χ0v) is 20.9. The minimum atomic E-state index is -0.256. The minimum absolute atomic E-state index is 0.189. The van der Waals surface area contributed by atoms with Gasteiger partial charge in [-0.1, -0.05) is 38.1 Å². The summed E-state index contributed by atoms with van der Waals surface area (Å²) < 4.78 is 14.4. The van der Waals surface area contributed by atoms with Crippen LogP contribution in [0.4, 0.5) is 16.2 Å². The van der Waals surface area contributed by atoms with E-state index in [1.807, 2.05) is 25.1 Å². The Labute approximate surface area is 208 Å². The number of aryl methyl sites for hydroxylation is 1. The molecule has 4 aromatic rings. The van der Waals surface area contributed by atoms with Crippen molar-refractivity contribution in [3.63, 3.8) is 0 Å². The molecule has 0 saturated heterocycles. The summed E-state index contributed by atoms with van der Waals surface area (Å²) in [7, 11) is 0. The molecule has 2 heterocycles. The lowest BCUT2D eigenvalue weighted by atomic mass is 9.92. The molecule has 35 heavy (non-hydrogen) atoms. The number of anilines is 2. The Balaban J connectivity index is 1.50. The molecule has 4 atom stereocenters. The minimum Gasteiger partial charge on any atom is -0.396 e. The normalized spacial score (nSPS) is 22.0. The molecule has 0 spiro atoms. The highest BCUT2D eigenvalue weighted by atomic mass is 32.1. The number of nitrogens with zero attached hydrogens (tertiary/aromatic N) is 3. The number of para-hydroxylation sites is 1. The quantitative estimate of drug-likeness (QED) is 0.300. The van der Waals surface area contributed by atoms with Crippen molar-refractivity contribution < 1.29 is 9.50 Å². The second-order valence-electron chi connectivity index (χ2n) is 9.47. The summed E-state index contributed by atoms with van der Waals surface area (Å²) >= 11 is 1.63. The van der Waals surface area contributed by atoms with E-state index in [0.717, 1.165) is 44.3 Å². The van der Waals surface area contributed by atoms with Crippen molar-refractivity contribution in [2.75, 3.05) is 17.2 Å². The van der Waals surface area contributed by atoms with Gasteiger partial charge in [0.25, 0.3) is 0 Å². The van der Waals surface area contributed by atoms with Gasteiger partial charge in [0.05, 0.1) is 21.5 Å². The Kier molecular flexibility index (Phi) is 6.67. The van der Waals surface area contributed by atoms with Gasteiger partial charge in [0, 0.05) is 19.2 Å². The SMILES string of the molecule is Cc1nc(NCc2ccc(F)cc2)nc(NC2CC(CO)C(C)C2C)c1-c1nc2ccccc2s1. The summed E-state index contributed by atoms with van der Waals surface area (Å²) in [5.41, 5.74) is 3.65. The Morgan fingerprint density at radius 2 is 1.80 bits per heavy atom. The third-order valence-electron chi connectivity index (χ3n) is 7.28. The summed E-state index contributed by atoms with van der Waals surface area (Å²) in [4.78, 5) is 14.5. The number of nitrogens with one attached hydrogen (secondary N) is 2. The average molecular weight is 492 g/mol. The number of hydrogen-bond acceptors (Lipinski definition) is 7. The summed E-state index contributed by atoms with van der Waals surface area (Å²) in [6.45, 7) is 7.11. The van der Waals surface area contributed by atoms with Gasteiger partial charge in [0.15, 0.2) is 0 Å². The number of fused-ring (bicyclic) bond motifs is 1. The second-order valence-corrected chi connectivity index (χ2v) is 10.5. The summed E-state index contributed by atoms with van der Waals surface area (Å²) in [6, 6.07) is 14.7. The molecule has 0 bridgehead atoms. The van der Waals surface area contributed by atoms with Crippen LogP contribution in [0.15, 0.2) is 48.5 Å². The molecule has 5 rings (SSSR count). The molecule has 2 aromatic carbocycles. The highest BCUT2D eigenvalue weighted by molar-refractivity contribution is 7.21. The van der Waals surface area contributed by atoms with Crippen LogP contribution in [0.2, 0.25) is 0 Å². The van der Waals surface area contributed by atoms with Gasteiger partial charge in [-0.05, 0) is 60.9 Å². The van der Waals surface area contributed by atoms with E-state index in [1.54, 1.807) is 23.5 Å². The maximum atomic E-state index is 13.3. The molecule has 2 aromatic heterocycles. The van der Waals surface area contributed by atoms with E-state index in [1.165, 1.54) is 12.1 Å². The predicted octanol–water partition coefficient (Wildman–Crippen LogP) is 5.88. The van der Waals surface area contributed by atoms with Gasteiger partial charge < -0.3 is 15.7 Å². The molecular formula is C27H30FN5OS. The first kappa shape index (κ1) is 23.6. The molecule has 6 nitrogen and oxygen atoms in total. The first-order valence-corrected chi connectivity index (χ1v) is 12.8. The fraction of sp³-hybridized carbons (Fsp3) is 0.370. The van der Waals surface area contributed by atoms with Crippen molar-refractivity contribution in [3.8, 4) is 10.6 Å². The number of aliphatic hydroxyl groups is 1. The van der Waals surface area contributed by atoms with E-state index >= 15 is 0 Å². The molecule has 0 aliphatic heterocycles. The standard InChI is InChI=1S/C27H30FN5OS/c1-15-16(2)22(12-19(15)14-34)31-25-24(26-32-21-6-4-5-7-23(21)35-26)17(3)30-27(33-25)29-13-18-8-10-20(28)11-9-18/h4-11,15-16,19,22,34H,12-14H2,1-3H3,(H2,29,30,31,33). The van der Waals surface area contributed by atoms with E-state index in [2.05, 4.69) is 30.5 Å². The van der Waals surface area contributed by atoms with Crippen LogP contribution in [-0.2, 0) is 6.54 Å². The largest absolute Gasteiger partial charge is 0.396 e. The van der Waals surface area contributed by atoms with Gasteiger partial charge >= 0.3 is 0 Å². The zero-order valence-electron chi connectivity index (χ0n) is 20.1. The zero-order chi connectivity index (χ0) is 24.5. The first-order valence-electron chi connectivity index (χ1n) is 12.0. The molecule has 1 saturated carbocycles. The fourth-order valence-corrected chi connectivity index (χ4v) is 6.00. The van der Waals surface area contributed by atoms with Gasteiger partial charge in [0.2, 0.25) is 5.95 Å². The van der Waals surface area contributed by atoms with Crippen molar-refractivity contribution in [1.29, 1.82) is 0 Å². The molecule has 182 valence electrons. The van der Waals surface area contributed by atoms with Crippen molar-refractivity contribution in [3.05, 3.63) is 65.6 Å². The van der Waals surface area contributed by atoms with Crippen LogP contribution in [0.5, 0.6) is 0 Å². The van der Waals surface area contributed by atoms with E-state index in [9.17, 15) is 9.50 Å². The van der Waals surface area contributed by atoms with Crippen LogP contribution in [0, 0.1) is 30.5 Å². The Hall–Kier alpha value is -3.10. The number of thiazole rings is 1. The lowest BCUT2D eigenvalue weighted by Gasteiger charge is -2.22. The molecule has 0 amide bonds. The molecule has 1 aliphatic carbocycles. The van der Waals surface area contributed by atoms with Gasteiger partial charge in [0.1, 0.15) is 16.6 Å². The number of benzene rings is 2. The van der Waals surface area contributed by atoms with Crippen molar-refractivity contribution in [2.24, 2.45) is 17.8 Å². The summed E-state index contributed by atoms with van der Waals surface area (Å²) in [5, 5.41) is 17.7. The van der Waals surface area contributed by atoms with Crippen LogP contribution in [0.1, 0.15) is 31.5 Å². The van der Waals surface area contributed by atoms with E-state index in [-0.39, 0.29) is 24.4 Å². The van der Waals surface area contributed by atoms with Crippen molar-refractivity contribution in [2.45, 2.75) is 39.8 Å². The first-order chi connectivity index (χ1) is 16.9. The van der Waals surface area contributed by atoms with Crippen molar-refractivity contribution >= 4 is 33.3 Å². The topological polar surface area (TPSA) is 83.0 Å². The molecule has 0 radical (unpaired) electrons. The van der Waals surface area contributed by atoms with Gasteiger partial charge in [-0.3, -0.25) is 0 Å². The average Bonchev–Trinajstić information content (AvgIpc) is 3.39. The van der Waals surface area contributed by atoms with Gasteiger partial charge in [-0.2, -0.15) is 4.98 Å². The lowest BCUT2D eigenvalue weighted by molar-refractivity contribution is 0.191. The maximum absolute atomic E-state index is 13.3. The van der Waals surface area contributed by atoms with Crippen LogP contribution in [0.25, 0.3) is 20.8 Å². The highest BCUT2D eigenvalue weighted by Gasteiger charge is 2.38. The highest BCUT2D eigenvalue weighted by Crippen LogP contribution is 2.41. The molecule has 1 aliphatic rings. The smallest absolute Gasteiger partial charge is 0.225 e. The molecule has 4 unspecified atom stereocenters. The summed E-state index contributed by atoms with van der Waals surface area (Å²) in [6.07, 6.45) is 0.888. The van der Waals surface area contributed by atoms with Crippen LogP contribution >= 0.6 is 11.3 Å². The van der Waals surface area contributed by atoms with Crippen LogP contribution in [-0.4, -0.2) is 32.7 Å². The number of halogens is 1. The Morgan fingerprint density at radius 1 is 1.03 bits per heavy atom. The Morgan fingerprint density at radius 3 is 2.51 bits per heavy atom. The van der Waals surface area contributed by atoms with E-state index < -0.39 is 0 Å². The number of hydrogen-bond donors (Lipinski definition) is 3. The monoisotopic (exact) mass is 491 g/mol. The second kappa shape index (κ2) is 9.87. The maximum Gasteiger partial charge on any atom is 0.225 e. The molecule has 8 heteroatoms. The third-order valence-corrected chi connectivity index (χ3v) is 8.34. The van der Waals surface area contributed by atoms with Gasteiger partial charge in [-0.25, -0.2) is 14.4 Å². The predicted molar refractivity (Wildman–Crippen MR) is 140 cm³/mol. The molecule has 3 N–H and O–H groups in total.